The molecule has 2 rings (SSSR count). The van der Waals surface area contributed by atoms with Gasteiger partial charge in [0.15, 0.2) is 9.84 Å². The van der Waals surface area contributed by atoms with Crippen molar-refractivity contribution in [2.45, 2.75) is 31.8 Å². The average Bonchev–Trinajstić information content (AvgIpc) is 2.45. The molecule has 0 aromatic heterocycles. The molecule has 0 spiro atoms. The Balaban J connectivity index is 0.00000242. The largest absolute Gasteiger partial charge is 0.352 e. The maximum Gasteiger partial charge on any atom is 0.224 e. The van der Waals surface area contributed by atoms with E-state index >= 15 is 0 Å². The Morgan fingerprint density at radius 2 is 1.95 bits per heavy atom. The summed E-state index contributed by atoms with van der Waals surface area (Å²) in [7, 11) is -3.02. The number of rotatable bonds is 4. The highest BCUT2D eigenvalue weighted by Crippen LogP contribution is 2.20. The first kappa shape index (κ1) is 18.9. The second-order valence-corrected chi connectivity index (χ2v) is 7.92. The SMILES string of the molecule is CC(C(=O)NC1CCCS(=O)(=O)C1)C(N)c1ccccc1.Cl. The van der Waals surface area contributed by atoms with E-state index in [-0.39, 0.29) is 35.9 Å². The van der Waals surface area contributed by atoms with Crippen LogP contribution in [0.3, 0.4) is 0 Å². The van der Waals surface area contributed by atoms with E-state index in [1.54, 1.807) is 6.92 Å². The maximum absolute atomic E-state index is 12.3. The summed E-state index contributed by atoms with van der Waals surface area (Å²) in [5, 5.41) is 2.83. The Labute approximate surface area is 138 Å². The number of carbonyl (C=O) groups is 1. The summed E-state index contributed by atoms with van der Waals surface area (Å²) < 4.78 is 23.2. The van der Waals surface area contributed by atoms with Crippen molar-refractivity contribution in [2.75, 3.05) is 11.5 Å². The van der Waals surface area contributed by atoms with Crippen LogP contribution < -0.4 is 11.1 Å². The third-order valence-corrected chi connectivity index (χ3v) is 5.77. The molecule has 0 bridgehead atoms. The van der Waals surface area contributed by atoms with Crippen LogP contribution in [0, 0.1) is 5.92 Å². The highest BCUT2D eigenvalue weighted by Gasteiger charge is 2.29. The Hall–Kier alpha value is -1.11. The van der Waals surface area contributed by atoms with Crippen LogP contribution in [0.25, 0.3) is 0 Å². The molecule has 1 aliphatic heterocycles. The second-order valence-electron chi connectivity index (χ2n) is 5.69. The fourth-order valence-corrected chi connectivity index (χ4v) is 4.23. The molecule has 1 aliphatic rings. The van der Waals surface area contributed by atoms with E-state index in [9.17, 15) is 13.2 Å². The number of amides is 1. The molecule has 0 saturated carbocycles. The zero-order valence-corrected chi connectivity index (χ0v) is 14.2. The first-order valence-electron chi connectivity index (χ1n) is 7.20. The van der Waals surface area contributed by atoms with Crippen LogP contribution in [0.15, 0.2) is 30.3 Å². The molecule has 7 heteroatoms. The Morgan fingerprint density at radius 1 is 1.32 bits per heavy atom. The van der Waals surface area contributed by atoms with Crippen molar-refractivity contribution in [3.63, 3.8) is 0 Å². The van der Waals surface area contributed by atoms with Crippen molar-refractivity contribution in [3.8, 4) is 0 Å². The number of sulfone groups is 1. The fraction of sp³-hybridized carbons (Fsp3) is 0.533. The number of hydrogen-bond donors (Lipinski definition) is 2. The van der Waals surface area contributed by atoms with Crippen molar-refractivity contribution in [1.29, 1.82) is 0 Å². The fourth-order valence-electron chi connectivity index (χ4n) is 2.60. The van der Waals surface area contributed by atoms with E-state index in [0.717, 1.165) is 5.56 Å². The number of benzene rings is 1. The predicted octanol–water partition coefficient (Wildman–Crippen LogP) is 1.44. The smallest absolute Gasteiger partial charge is 0.224 e. The van der Waals surface area contributed by atoms with Crippen molar-refractivity contribution in [2.24, 2.45) is 11.7 Å². The number of nitrogens with one attached hydrogen (secondary N) is 1. The summed E-state index contributed by atoms with van der Waals surface area (Å²) in [5.74, 6) is -0.338. The van der Waals surface area contributed by atoms with Gasteiger partial charge in [-0.15, -0.1) is 12.4 Å². The lowest BCUT2D eigenvalue weighted by Gasteiger charge is -2.26. The van der Waals surface area contributed by atoms with Gasteiger partial charge in [-0.05, 0) is 18.4 Å². The third-order valence-electron chi connectivity index (χ3n) is 3.95. The van der Waals surface area contributed by atoms with Gasteiger partial charge in [-0.1, -0.05) is 37.3 Å². The van der Waals surface area contributed by atoms with Gasteiger partial charge in [-0.25, -0.2) is 8.42 Å². The van der Waals surface area contributed by atoms with Gasteiger partial charge < -0.3 is 11.1 Å². The lowest BCUT2D eigenvalue weighted by Crippen LogP contribution is -2.46. The molecule has 1 aromatic rings. The Kier molecular flexibility index (Phi) is 6.84. The minimum atomic E-state index is -3.02. The van der Waals surface area contributed by atoms with E-state index in [4.69, 9.17) is 5.73 Å². The topological polar surface area (TPSA) is 89.3 Å². The average molecular weight is 347 g/mol. The molecule has 3 unspecified atom stereocenters. The monoisotopic (exact) mass is 346 g/mol. The molecular formula is C15H23ClN2O3S. The quantitative estimate of drug-likeness (QED) is 0.863. The van der Waals surface area contributed by atoms with Crippen LogP contribution in [-0.4, -0.2) is 31.9 Å². The van der Waals surface area contributed by atoms with Crippen LogP contribution in [0.5, 0.6) is 0 Å². The minimum Gasteiger partial charge on any atom is -0.352 e. The zero-order chi connectivity index (χ0) is 15.5. The number of hydrogen-bond acceptors (Lipinski definition) is 4. The Morgan fingerprint density at radius 3 is 2.55 bits per heavy atom. The van der Waals surface area contributed by atoms with Gasteiger partial charge in [0.1, 0.15) is 0 Å². The molecule has 1 heterocycles. The van der Waals surface area contributed by atoms with Crippen LogP contribution >= 0.6 is 12.4 Å². The molecule has 1 saturated heterocycles. The summed E-state index contributed by atoms with van der Waals surface area (Å²) in [5.41, 5.74) is 7.02. The molecule has 1 aromatic carbocycles. The lowest BCUT2D eigenvalue weighted by atomic mass is 9.94. The van der Waals surface area contributed by atoms with Crippen molar-refractivity contribution in [1.82, 2.24) is 5.32 Å². The van der Waals surface area contributed by atoms with Crippen molar-refractivity contribution < 1.29 is 13.2 Å². The standard InChI is InChI=1S/C15H22N2O3S.ClH/c1-11(14(16)12-6-3-2-4-7-12)15(18)17-13-8-5-9-21(19,20)10-13;/h2-4,6-7,11,13-14H,5,8-10,16H2,1H3,(H,17,18);1H. The summed E-state index contributed by atoms with van der Waals surface area (Å²) in [6, 6.07) is 8.75. The molecular weight excluding hydrogens is 324 g/mol. The molecule has 1 amide bonds. The van der Waals surface area contributed by atoms with Crippen LogP contribution in [0.1, 0.15) is 31.4 Å². The van der Waals surface area contributed by atoms with Gasteiger partial charge in [0.25, 0.3) is 0 Å². The molecule has 0 radical (unpaired) electrons. The van der Waals surface area contributed by atoms with Crippen molar-refractivity contribution in [3.05, 3.63) is 35.9 Å². The summed E-state index contributed by atoms with van der Waals surface area (Å²) in [6.07, 6.45) is 1.31. The number of nitrogens with two attached hydrogens (primary N) is 1. The van der Waals surface area contributed by atoms with Gasteiger partial charge in [0.2, 0.25) is 5.91 Å². The van der Waals surface area contributed by atoms with E-state index < -0.39 is 21.8 Å². The highest BCUT2D eigenvalue weighted by atomic mass is 35.5. The van der Waals surface area contributed by atoms with Gasteiger partial charge in [0, 0.05) is 12.1 Å². The first-order chi connectivity index (χ1) is 9.89. The van der Waals surface area contributed by atoms with Gasteiger partial charge in [-0.2, -0.15) is 0 Å². The molecule has 22 heavy (non-hydrogen) atoms. The molecule has 5 nitrogen and oxygen atoms in total. The second kappa shape index (κ2) is 7.94. The van der Waals surface area contributed by atoms with Crippen LogP contribution in [0.4, 0.5) is 0 Å². The van der Waals surface area contributed by atoms with E-state index in [1.807, 2.05) is 30.3 Å². The normalized spacial score (nSPS) is 22.9. The van der Waals surface area contributed by atoms with Crippen LogP contribution in [-0.2, 0) is 14.6 Å². The Bertz CT molecular complexity index is 592. The zero-order valence-electron chi connectivity index (χ0n) is 12.6. The molecule has 3 atom stereocenters. The van der Waals surface area contributed by atoms with Crippen molar-refractivity contribution >= 4 is 28.2 Å². The summed E-state index contributed by atoms with van der Waals surface area (Å²) in [6.45, 7) is 1.77. The molecule has 3 N–H and O–H groups in total. The first-order valence-corrected chi connectivity index (χ1v) is 9.02. The highest BCUT2D eigenvalue weighted by molar-refractivity contribution is 7.91. The van der Waals surface area contributed by atoms with Gasteiger partial charge in [-0.3, -0.25) is 4.79 Å². The van der Waals surface area contributed by atoms with E-state index in [0.29, 0.717) is 12.8 Å². The summed E-state index contributed by atoms with van der Waals surface area (Å²) in [4.78, 5) is 12.3. The molecule has 1 fully saturated rings. The minimum absolute atomic E-state index is 0. The molecule has 0 aliphatic carbocycles. The maximum atomic E-state index is 12.3. The lowest BCUT2D eigenvalue weighted by molar-refractivity contribution is -0.125. The van der Waals surface area contributed by atoms with Crippen LogP contribution in [0.2, 0.25) is 0 Å². The number of carbonyl (C=O) groups excluding carboxylic acids is 1. The molecule has 124 valence electrons. The third kappa shape index (κ3) is 4.97. The van der Waals surface area contributed by atoms with Gasteiger partial charge in [0.05, 0.1) is 17.4 Å². The van der Waals surface area contributed by atoms with E-state index in [2.05, 4.69) is 5.32 Å². The van der Waals surface area contributed by atoms with Gasteiger partial charge >= 0.3 is 0 Å². The summed E-state index contributed by atoms with van der Waals surface area (Å²) >= 11 is 0. The van der Waals surface area contributed by atoms with E-state index in [1.165, 1.54) is 0 Å². The number of halogens is 1. The predicted molar refractivity (Wildman–Crippen MR) is 89.6 cm³/mol.